The zero-order chi connectivity index (χ0) is 21.1. The summed E-state index contributed by atoms with van der Waals surface area (Å²) in [5, 5.41) is 10.4. The van der Waals surface area contributed by atoms with Crippen molar-refractivity contribution in [2.75, 3.05) is 7.11 Å². The van der Waals surface area contributed by atoms with E-state index in [1.807, 2.05) is 73.7 Å². The molecule has 0 radical (unpaired) electrons. The van der Waals surface area contributed by atoms with Crippen molar-refractivity contribution in [3.63, 3.8) is 0 Å². The zero-order valence-corrected chi connectivity index (χ0v) is 16.9. The first-order chi connectivity index (χ1) is 14.5. The van der Waals surface area contributed by atoms with E-state index in [0.29, 0.717) is 12.4 Å². The predicted octanol–water partition coefficient (Wildman–Crippen LogP) is 5.36. The van der Waals surface area contributed by atoms with E-state index in [1.165, 1.54) is 0 Å². The third kappa shape index (κ3) is 4.01. The van der Waals surface area contributed by atoms with E-state index in [0.717, 1.165) is 44.6 Å². The van der Waals surface area contributed by atoms with Gasteiger partial charge >= 0.3 is 5.97 Å². The van der Waals surface area contributed by atoms with Gasteiger partial charge in [0, 0.05) is 16.5 Å². The molecule has 2 N–H and O–H groups in total. The number of hydrogen-bond acceptors (Lipinski definition) is 3. The van der Waals surface area contributed by atoms with Crippen LogP contribution in [0.1, 0.15) is 16.7 Å². The van der Waals surface area contributed by atoms with E-state index in [2.05, 4.69) is 4.98 Å². The highest BCUT2D eigenvalue weighted by Gasteiger charge is 2.18. The Morgan fingerprint density at radius 1 is 1.00 bits per heavy atom. The number of aromatic nitrogens is 1. The molecule has 0 amide bonds. The molecule has 0 atom stereocenters. The molecule has 0 aliphatic heterocycles. The maximum Gasteiger partial charge on any atom is 0.307 e. The van der Waals surface area contributed by atoms with Crippen molar-refractivity contribution < 1.29 is 19.4 Å². The van der Waals surface area contributed by atoms with Gasteiger partial charge in [0.2, 0.25) is 0 Å². The molecule has 0 spiro atoms. The number of aryl methyl sites for hydroxylation is 1. The highest BCUT2D eigenvalue weighted by molar-refractivity contribution is 5.96. The Bertz CT molecular complexity index is 1190. The second kappa shape index (κ2) is 8.33. The van der Waals surface area contributed by atoms with Crippen LogP contribution in [0.25, 0.3) is 22.2 Å². The van der Waals surface area contributed by atoms with Crippen LogP contribution in [0, 0.1) is 6.92 Å². The van der Waals surface area contributed by atoms with E-state index < -0.39 is 5.97 Å². The molecule has 4 aromatic rings. The van der Waals surface area contributed by atoms with Gasteiger partial charge in [0.05, 0.1) is 19.2 Å². The van der Waals surface area contributed by atoms with Crippen LogP contribution in [0.4, 0.5) is 0 Å². The maximum atomic E-state index is 11.6. The van der Waals surface area contributed by atoms with Gasteiger partial charge in [-0.2, -0.15) is 0 Å². The third-order valence-corrected chi connectivity index (χ3v) is 5.12. The van der Waals surface area contributed by atoms with Crippen molar-refractivity contribution in [3.8, 4) is 22.8 Å². The summed E-state index contributed by atoms with van der Waals surface area (Å²) in [4.78, 5) is 15.0. The summed E-state index contributed by atoms with van der Waals surface area (Å²) in [6.07, 6.45) is -0.0863. The molecule has 0 aliphatic carbocycles. The number of carboxylic acid groups (broad SMARTS) is 1. The van der Waals surface area contributed by atoms with Gasteiger partial charge < -0.3 is 19.6 Å². The normalized spacial score (nSPS) is 10.9. The van der Waals surface area contributed by atoms with Crippen molar-refractivity contribution in [1.82, 2.24) is 4.98 Å². The average molecular weight is 401 g/mol. The molecule has 0 fully saturated rings. The molecule has 0 bridgehead atoms. The zero-order valence-electron chi connectivity index (χ0n) is 16.9. The van der Waals surface area contributed by atoms with Gasteiger partial charge in [-0.3, -0.25) is 4.79 Å². The molecule has 1 heterocycles. The number of carbonyl (C=O) groups is 1. The van der Waals surface area contributed by atoms with Crippen LogP contribution in [-0.2, 0) is 17.8 Å². The fraction of sp³-hybridized carbons (Fsp3) is 0.160. The molecule has 0 saturated heterocycles. The largest absolute Gasteiger partial charge is 0.497 e. The number of ether oxygens (including phenoxy) is 2. The molecule has 5 heteroatoms. The lowest BCUT2D eigenvalue weighted by Gasteiger charge is -2.09. The Kier molecular flexibility index (Phi) is 5.44. The minimum Gasteiger partial charge on any atom is -0.497 e. The lowest BCUT2D eigenvalue weighted by Crippen LogP contribution is -2.01. The molecule has 4 rings (SSSR count). The van der Waals surface area contributed by atoms with Gasteiger partial charge in [0.1, 0.15) is 18.1 Å². The van der Waals surface area contributed by atoms with Crippen molar-refractivity contribution in [1.29, 1.82) is 0 Å². The van der Waals surface area contributed by atoms with E-state index >= 15 is 0 Å². The minimum absolute atomic E-state index is 0.0863. The lowest BCUT2D eigenvalue weighted by molar-refractivity contribution is -0.136. The summed E-state index contributed by atoms with van der Waals surface area (Å²) < 4.78 is 11.3. The van der Waals surface area contributed by atoms with Gasteiger partial charge in [0.25, 0.3) is 0 Å². The van der Waals surface area contributed by atoms with Crippen molar-refractivity contribution >= 4 is 16.9 Å². The average Bonchev–Trinajstić information content (AvgIpc) is 3.11. The highest BCUT2D eigenvalue weighted by Crippen LogP contribution is 2.36. The summed E-state index contributed by atoms with van der Waals surface area (Å²) in [5.41, 5.74) is 5.40. The van der Waals surface area contributed by atoms with Crippen LogP contribution < -0.4 is 9.47 Å². The highest BCUT2D eigenvalue weighted by atomic mass is 16.5. The molecular weight excluding hydrogens is 378 g/mol. The topological polar surface area (TPSA) is 71.5 Å². The number of methoxy groups -OCH3 is 1. The van der Waals surface area contributed by atoms with E-state index in [1.54, 1.807) is 7.11 Å². The number of aromatic amines is 1. The first-order valence-corrected chi connectivity index (χ1v) is 9.73. The number of carboxylic acids is 1. The van der Waals surface area contributed by atoms with E-state index in [9.17, 15) is 9.90 Å². The number of nitrogens with one attached hydrogen (secondary N) is 1. The summed E-state index contributed by atoms with van der Waals surface area (Å²) in [6, 6.07) is 21.5. The fourth-order valence-electron chi connectivity index (χ4n) is 3.67. The van der Waals surface area contributed by atoms with Crippen molar-refractivity contribution in [3.05, 3.63) is 83.4 Å². The lowest BCUT2D eigenvalue weighted by atomic mass is 10.0. The van der Waals surface area contributed by atoms with Crippen LogP contribution in [0.5, 0.6) is 11.5 Å². The Morgan fingerprint density at radius 2 is 1.80 bits per heavy atom. The van der Waals surface area contributed by atoms with Gasteiger partial charge in [-0.25, -0.2) is 0 Å². The molecule has 1 aromatic heterocycles. The number of fused-ring (bicyclic) bond motifs is 1. The standard InChI is InChI=1S/C25H23NO4/c1-16-11-20(29-2)13-21-22(14-23(27)28)25(26-24(16)21)18-9-6-10-19(12-18)30-15-17-7-4-3-5-8-17/h3-13,26H,14-15H2,1-2H3,(H,27,28). The summed E-state index contributed by atoms with van der Waals surface area (Å²) in [5.74, 6) is 0.553. The van der Waals surface area contributed by atoms with E-state index in [4.69, 9.17) is 9.47 Å². The smallest absolute Gasteiger partial charge is 0.307 e. The number of rotatable bonds is 7. The second-order valence-corrected chi connectivity index (χ2v) is 7.22. The molecular formula is C25H23NO4. The second-order valence-electron chi connectivity index (χ2n) is 7.22. The van der Waals surface area contributed by atoms with Crippen molar-refractivity contribution in [2.45, 2.75) is 20.0 Å². The van der Waals surface area contributed by atoms with Crippen LogP contribution in [0.15, 0.2) is 66.7 Å². The number of aliphatic carboxylic acids is 1. The predicted molar refractivity (Wildman–Crippen MR) is 117 cm³/mol. The summed E-state index contributed by atoms with van der Waals surface area (Å²) in [6.45, 7) is 2.45. The Hall–Kier alpha value is -3.73. The van der Waals surface area contributed by atoms with Crippen molar-refractivity contribution in [2.24, 2.45) is 0 Å². The van der Waals surface area contributed by atoms with Gasteiger partial charge in [-0.1, -0.05) is 42.5 Å². The molecule has 3 aromatic carbocycles. The van der Waals surface area contributed by atoms with Crippen LogP contribution >= 0.6 is 0 Å². The maximum absolute atomic E-state index is 11.6. The molecule has 0 unspecified atom stereocenters. The minimum atomic E-state index is -0.880. The van der Waals surface area contributed by atoms with Crippen LogP contribution in [0.3, 0.4) is 0 Å². The summed E-state index contributed by atoms with van der Waals surface area (Å²) >= 11 is 0. The van der Waals surface area contributed by atoms with Crippen LogP contribution in [-0.4, -0.2) is 23.2 Å². The Balaban J connectivity index is 1.75. The molecule has 30 heavy (non-hydrogen) atoms. The molecule has 0 saturated carbocycles. The van der Waals surface area contributed by atoms with Crippen LogP contribution in [0.2, 0.25) is 0 Å². The monoisotopic (exact) mass is 401 g/mol. The van der Waals surface area contributed by atoms with Gasteiger partial charge in [-0.05, 0) is 47.9 Å². The first-order valence-electron chi connectivity index (χ1n) is 9.73. The Morgan fingerprint density at radius 3 is 2.53 bits per heavy atom. The summed E-state index contributed by atoms with van der Waals surface area (Å²) in [7, 11) is 1.61. The third-order valence-electron chi connectivity index (χ3n) is 5.12. The van der Waals surface area contributed by atoms with Gasteiger partial charge in [0.15, 0.2) is 0 Å². The number of hydrogen-bond donors (Lipinski definition) is 2. The first kappa shape index (κ1) is 19.6. The number of H-pyrrole nitrogens is 1. The SMILES string of the molecule is COc1cc(C)c2[nH]c(-c3cccc(OCc4ccccc4)c3)c(CC(=O)O)c2c1. The van der Waals surface area contributed by atoms with E-state index in [-0.39, 0.29) is 6.42 Å². The number of benzene rings is 3. The quantitative estimate of drug-likeness (QED) is 0.437. The molecule has 0 aliphatic rings. The molecule has 5 nitrogen and oxygen atoms in total. The molecule has 152 valence electrons. The van der Waals surface area contributed by atoms with Gasteiger partial charge in [-0.15, -0.1) is 0 Å². The fourth-order valence-corrected chi connectivity index (χ4v) is 3.67. The Labute approximate surface area is 174 Å².